The fourth-order valence-corrected chi connectivity index (χ4v) is 2.95. The second-order valence-corrected chi connectivity index (χ2v) is 6.40. The molecule has 2 heterocycles. The molecule has 5 N–H and O–H groups in total. The Bertz CT molecular complexity index is 660. The van der Waals surface area contributed by atoms with Crippen molar-refractivity contribution in [1.29, 1.82) is 0 Å². The highest BCUT2D eigenvalue weighted by Gasteiger charge is 2.44. The van der Waals surface area contributed by atoms with E-state index in [-0.39, 0.29) is 0 Å². The van der Waals surface area contributed by atoms with Crippen molar-refractivity contribution in [3.05, 3.63) is 28.0 Å². The van der Waals surface area contributed by atoms with E-state index in [0.29, 0.717) is 5.75 Å². The normalized spacial score (nSPS) is 32.3. The van der Waals surface area contributed by atoms with Gasteiger partial charge in [-0.25, -0.2) is 0 Å². The zero-order chi connectivity index (χ0) is 15.9. The molecule has 0 spiro atoms. The van der Waals surface area contributed by atoms with Gasteiger partial charge in [-0.05, 0) is 40.8 Å². The fraction of sp³-hybridized carbons (Fsp3) is 0.429. The minimum atomic E-state index is -1.46. The molecule has 1 fully saturated rings. The van der Waals surface area contributed by atoms with Gasteiger partial charge in [-0.3, -0.25) is 0 Å². The Balaban J connectivity index is 1.85. The molecule has 0 saturated carbocycles. The molecule has 3 rings (SSSR count). The average Bonchev–Trinajstić information content (AvgIpc) is 2.90. The standard InChI is InChI=1S/C14H16INO6/c15-6-1-2-8-7(3-6)9(4-16-8)21-14-13(20)12(19)11(18)10(5-17)22-14/h1-4,10-14,16-20H,5H2/t10?,11-,12-,13?,14+/m0/s1. The smallest absolute Gasteiger partial charge is 0.229 e. The van der Waals surface area contributed by atoms with Crippen molar-refractivity contribution in [2.45, 2.75) is 30.7 Å². The lowest BCUT2D eigenvalue weighted by Gasteiger charge is -2.39. The van der Waals surface area contributed by atoms with Gasteiger partial charge in [0.2, 0.25) is 6.29 Å². The van der Waals surface area contributed by atoms with Crippen LogP contribution in [0.25, 0.3) is 10.9 Å². The Morgan fingerprint density at radius 1 is 1.18 bits per heavy atom. The molecule has 2 unspecified atom stereocenters. The molecule has 22 heavy (non-hydrogen) atoms. The molecule has 5 atom stereocenters. The molecule has 1 aliphatic heterocycles. The first kappa shape index (κ1) is 16.0. The highest BCUT2D eigenvalue weighted by Crippen LogP contribution is 2.30. The summed E-state index contributed by atoms with van der Waals surface area (Å²) in [5, 5.41) is 39.5. The number of rotatable bonds is 3. The van der Waals surface area contributed by atoms with Crippen molar-refractivity contribution >= 4 is 33.5 Å². The van der Waals surface area contributed by atoms with Crippen molar-refractivity contribution in [1.82, 2.24) is 4.98 Å². The molecular weight excluding hydrogens is 405 g/mol. The summed E-state index contributed by atoms with van der Waals surface area (Å²) >= 11 is 2.18. The van der Waals surface area contributed by atoms with Crippen LogP contribution in [0.5, 0.6) is 5.75 Å². The largest absolute Gasteiger partial charge is 0.460 e. The lowest BCUT2D eigenvalue weighted by molar-refractivity contribution is -0.277. The zero-order valence-electron chi connectivity index (χ0n) is 11.4. The van der Waals surface area contributed by atoms with Gasteiger partial charge in [0.1, 0.15) is 30.2 Å². The number of nitrogens with one attached hydrogen (secondary N) is 1. The minimum absolute atomic E-state index is 0.456. The number of aromatic nitrogens is 1. The van der Waals surface area contributed by atoms with E-state index in [1.165, 1.54) is 0 Å². The molecule has 0 bridgehead atoms. The summed E-state index contributed by atoms with van der Waals surface area (Å²) in [6.45, 7) is -0.489. The lowest BCUT2D eigenvalue weighted by atomic mass is 9.99. The number of hydrogen-bond acceptors (Lipinski definition) is 6. The number of aliphatic hydroxyl groups is 4. The van der Waals surface area contributed by atoms with Crippen LogP contribution in [0.2, 0.25) is 0 Å². The maximum absolute atomic E-state index is 9.99. The Morgan fingerprint density at radius 3 is 2.68 bits per heavy atom. The topological polar surface area (TPSA) is 115 Å². The summed E-state index contributed by atoms with van der Waals surface area (Å²) < 4.78 is 12.0. The third-order valence-electron chi connectivity index (χ3n) is 3.70. The van der Waals surface area contributed by atoms with E-state index in [0.717, 1.165) is 14.5 Å². The average molecular weight is 421 g/mol. The van der Waals surface area contributed by atoms with Crippen LogP contribution in [0.15, 0.2) is 24.4 Å². The first-order valence-electron chi connectivity index (χ1n) is 6.75. The quantitative estimate of drug-likeness (QED) is 0.444. The number of ether oxygens (including phenoxy) is 2. The Hall–Kier alpha value is -0.910. The summed E-state index contributed by atoms with van der Waals surface area (Å²) in [6, 6.07) is 5.75. The molecule has 8 heteroatoms. The number of H-pyrrole nitrogens is 1. The highest BCUT2D eigenvalue weighted by atomic mass is 127. The number of fused-ring (bicyclic) bond motifs is 1. The molecule has 1 saturated heterocycles. The van der Waals surface area contributed by atoms with E-state index in [4.69, 9.17) is 9.47 Å². The van der Waals surface area contributed by atoms with Gasteiger partial charge in [0, 0.05) is 20.7 Å². The van der Waals surface area contributed by atoms with Crippen molar-refractivity contribution < 1.29 is 29.9 Å². The van der Waals surface area contributed by atoms with Crippen LogP contribution < -0.4 is 4.74 Å². The molecule has 2 aromatic rings. The minimum Gasteiger partial charge on any atom is -0.460 e. The van der Waals surface area contributed by atoms with Crippen LogP contribution >= 0.6 is 22.6 Å². The monoisotopic (exact) mass is 421 g/mol. The number of aromatic amines is 1. The van der Waals surface area contributed by atoms with Crippen LogP contribution in [0.4, 0.5) is 0 Å². The summed E-state index contributed by atoms with van der Waals surface area (Å²) in [7, 11) is 0. The molecule has 7 nitrogen and oxygen atoms in total. The van der Waals surface area contributed by atoms with Gasteiger partial charge < -0.3 is 34.9 Å². The van der Waals surface area contributed by atoms with Crippen LogP contribution in [-0.2, 0) is 4.74 Å². The molecule has 0 aliphatic carbocycles. The first-order chi connectivity index (χ1) is 10.5. The number of hydrogen-bond donors (Lipinski definition) is 5. The summed E-state index contributed by atoms with van der Waals surface area (Å²) in [4.78, 5) is 3.04. The van der Waals surface area contributed by atoms with E-state index in [9.17, 15) is 20.4 Å². The van der Waals surface area contributed by atoms with Crippen LogP contribution in [0.3, 0.4) is 0 Å². The van der Waals surface area contributed by atoms with Gasteiger partial charge in [-0.2, -0.15) is 0 Å². The highest BCUT2D eigenvalue weighted by molar-refractivity contribution is 14.1. The molecule has 1 aromatic carbocycles. The van der Waals surface area contributed by atoms with Crippen molar-refractivity contribution in [2.75, 3.05) is 6.61 Å². The third kappa shape index (κ3) is 2.82. The van der Waals surface area contributed by atoms with Crippen molar-refractivity contribution in [3.63, 3.8) is 0 Å². The van der Waals surface area contributed by atoms with Crippen LogP contribution in [-0.4, -0.2) is 62.7 Å². The molecule has 1 aliphatic rings. The molecular formula is C14H16INO6. The third-order valence-corrected chi connectivity index (χ3v) is 4.37. The van der Waals surface area contributed by atoms with E-state index < -0.39 is 37.3 Å². The number of halogens is 1. The van der Waals surface area contributed by atoms with Crippen molar-refractivity contribution in [3.8, 4) is 5.75 Å². The van der Waals surface area contributed by atoms with Crippen LogP contribution in [0, 0.1) is 3.57 Å². The Kier molecular flexibility index (Phi) is 4.57. The number of benzene rings is 1. The van der Waals surface area contributed by atoms with Gasteiger partial charge in [-0.15, -0.1) is 0 Å². The van der Waals surface area contributed by atoms with E-state index in [1.807, 2.05) is 18.2 Å². The van der Waals surface area contributed by atoms with Gasteiger partial charge in [0.15, 0.2) is 0 Å². The van der Waals surface area contributed by atoms with E-state index >= 15 is 0 Å². The second kappa shape index (κ2) is 6.30. The Labute approximate surface area is 139 Å². The fourth-order valence-electron chi connectivity index (χ4n) is 2.45. The van der Waals surface area contributed by atoms with Gasteiger partial charge >= 0.3 is 0 Å². The molecule has 1 aromatic heterocycles. The molecule has 0 amide bonds. The second-order valence-electron chi connectivity index (χ2n) is 5.16. The summed E-state index contributed by atoms with van der Waals surface area (Å²) in [5.74, 6) is 0.456. The maximum Gasteiger partial charge on any atom is 0.229 e. The first-order valence-corrected chi connectivity index (χ1v) is 7.83. The van der Waals surface area contributed by atoms with Gasteiger partial charge in [-0.1, -0.05) is 0 Å². The molecule has 120 valence electrons. The molecule has 0 radical (unpaired) electrons. The van der Waals surface area contributed by atoms with E-state index in [2.05, 4.69) is 27.6 Å². The predicted molar refractivity (Wildman–Crippen MR) is 85.4 cm³/mol. The zero-order valence-corrected chi connectivity index (χ0v) is 13.5. The summed E-state index contributed by atoms with van der Waals surface area (Å²) in [6.07, 6.45) is -4.83. The van der Waals surface area contributed by atoms with Gasteiger partial charge in [0.25, 0.3) is 0 Å². The number of aliphatic hydroxyl groups excluding tert-OH is 4. The SMILES string of the molecule is OCC1O[C@@H](Oc2c[nH]c3ccc(I)cc23)C(O)[C@@H](O)[C@H]1O. The maximum atomic E-state index is 9.99. The Morgan fingerprint density at radius 2 is 1.95 bits per heavy atom. The van der Waals surface area contributed by atoms with Crippen molar-refractivity contribution in [2.24, 2.45) is 0 Å². The van der Waals surface area contributed by atoms with Crippen LogP contribution in [0.1, 0.15) is 0 Å². The van der Waals surface area contributed by atoms with Gasteiger partial charge in [0.05, 0.1) is 6.61 Å². The lowest BCUT2D eigenvalue weighted by Crippen LogP contribution is -2.60. The summed E-state index contributed by atoms with van der Waals surface area (Å²) in [5.41, 5.74) is 0.861. The van der Waals surface area contributed by atoms with E-state index in [1.54, 1.807) is 6.20 Å². The predicted octanol–water partition coefficient (Wildman–Crippen LogP) is -0.0488.